The Morgan fingerprint density at radius 1 is 1.19 bits per heavy atom. The first-order chi connectivity index (χ1) is 12.4. The number of halogens is 3. The van der Waals surface area contributed by atoms with Crippen LogP contribution in [0.25, 0.3) is 10.9 Å². The average molecular weight is 429 g/mol. The van der Waals surface area contributed by atoms with Crippen LogP contribution < -0.4 is 10.9 Å². The molecule has 0 unspecified atom stereocenters. The van der Waals surface area contributed by atoms with E-state index in [0.717, 1.165) is 11.8 Å². The Bertz CT molecular complexity index is 1050. The Balaban J connectivity index is 1.77. The number of benzene rings is 2. The molecule has 3 aromatic rings. The average Bonchev–Trinajstić information content (AvgIpc) is 2.60. The predicted octanol–water partition coefficient (Wildman–Crippen LogP) is 4.62. The Morgan fingerprint density at radius 2 is 1.85 bits per heavy atom. The molecule has 1 amide bonds. The van der Waals surface area contributed by atoms with Crippen molar-refractivity contribution in [3.05, 3.63) is 61.8 Å². The van der Waals surface area contributed by atoms with Gasteiger partial charge in [-0.25, -0.2) is 4.98 Å². The lowest BCUT2D eigenvalue weighted by molar-refractivity contribution is -0.113. The highest BCUT2D eigenvalue weighted by Crippen LogP contribution is 2.33. The van der Waals surface area contributed by atoms with Crippen molar-refractivity contribution in [2.45, 2.75) is 5.16 Å². The molecule has 1 N–H and O–H groups in total. The molecule has 3 rings (SSSR count). The van der Waals surface area contributed by atoms with Gasteiger partial charge >= 0.3 is 0 Å². The highest BCUT2D eigenvalue weighted by Gasteiger charge is 2.14. The highest BCUT2D eigenvalue weighted by atomic mass is 35.5. The largest absolute Gasteiger partial charge is 0.323 e. The highest BCUT2D eigenvalue weighted by molar-refractivity contribution is 7.99. The van der Waals surface area contributed by atoms with Crippen LogP contribution in [-0.4, -0.2) is 21.2 Å². The van der Waals surface area contributed by atoms with E-state index in [0.29, 0.717) is 26.8 Å². The molecule has 0 aliphatic rings. The third kappa shape index (κ3) is 3.99. The van der Waals surface area contributed by atoms with Crippen LogP contribution in [0.1, 0.15) is 0 Å². The van der Waals surface area contributed by atoms with Crippen molar-refractivity contribution in [2.24, 2.45) is 7.05 Å². The van der Waals surface area contributed by atoms with Gasteiger partial charge in [0.05, 0.1) is 32.4 Å². The van der Waals surface area contributed by atoms with E-state index < -0.39 is 0 Å². The van der Waals surface area contributed by atoms with E-state index in [9.17, 15) is 9.59 Å². The molecule has 5 nitrogen and oxygen atoms in total. The van der Waals surface area contributed by atoms with E-state index in [1.807, 2.05) is 0 Å². The number of para-hydroxylation sites is 1. The van der Waals surface area contributed by atoms with Gasteiger partial charge in [-0.15, -0.1) is 0 Å². The molecule has 134 valence electrons. The monoisotopic (exact) mass is 427 g/mol. The van der Waals surface area contributed by atoms with Crippen molar-refractivity contribution in [1.82, 2.24) is 9.55 Å². The second kappa shape index (κ2) is 7.88. The molecule has 0 aliphatic heterocycles. The first-order valence-electron chi connectivity index (χ1n) is 7.40. The van der Waals surface area contributed by atoms with Gasteiger partial charge < -0.3 is 5.32 Å². The smallest absolute Gasteiger partial charge is 0.261 e. The fourth-order valence-electron chi connectivity index (χ4n) is 2.29. The Morgan fingerprint density at radius 3 is 2.54 bits per heavy atom. The van der Waals surface area contributed by atoms with E-state index in [4.69, 9.17) is 34.8 Å². The second-order valence-electron chi connectivity index (χ2n) is 5.36. The number of nitrogens with one attached hydrogen (secondary N) is 1. The van der Waals surface area contributed by atoms with E-state index in [1.165, 1.54) is 16.7 Å². The van der Waals surface area contributed by atoms with E-state index in [-0.39, 0.29) is 27.3 Å². The zero-order chi connectivity index (χ0) is 18.8. The number of carbonyl (C=O) groups excluding carboxylic acids is 1. The van der Waals surface area contributed by atoms with Crippen LogP contribution in [0.4, 0.5) is 5.69 Å². The van der Waals surface area contributed by atoms with Crippen LogP contribution in [0.2, 0.25) is 15.1 Å². The molecule has 0 radical (unpaired) electrons. The summed E-state index contributed by atoms with van der Waals surface area (Å²) in [7, 11) is 1.62. The summed E-state index contributed by atoms with van der Waals surface area (Å²) >= 11 is 19.1. The quantitative estimate of drug-likeness (QED) is 0.486. The first-order valence-corrected chi connectivity index (χ1v) is 9.51. The maximum Gasteiger partial charge on any atom is 0.261 e. The van der Waals surface area contributed by atoms with Crippen LogP contribution >= 0.6 is 46.6 Å². The zero-order valence-electron chi connectivity index (χ0n) is 13.4. The third-order valence-corrected chi connectivity index (χ3v) is 5.39. The fraction of sp³-hybridized carbons (Fsp3) is 0.118. The Kier molecular flexibility index (Phi) is 5.77. The molecule has 0 bridgehead atoms. The Labute approximate surface area is 168 Å². The molecular weight excluding hydrogens is 417 g/mol. The predicted molar refractivity (Wildman–Crippen MR) is 108 cm³/mol. The van der Waals surface area contributed by atoms with E-state index in [1.54, 1.807) is 31.3 Å². The number of thioether (sulfide) groups is 1. The van der Waals surface area contributed by atoms with Crippen molar-refractivity contribution in [1.29, 1.82) is 0 Å². The van der Waals surface area contributed by atoms with Crippen LogP contribution in [0.5, 0.6) is 0 Å². The molecular formula is C17H12Cl3N3O2S. The molecule has 1 heterocycles. The van der Waals surface area contributed by atoms with Gasteiger partial charge in [0.25, 0.3) is 5.56 Å². The number of hydrogen-bond donors (Lipinski definition) is 1. The molecule has 0 aliphatic carbocycles. The van der Waals surface area contributed by atoms with Gasteiger partial charge in [0.15, 0.2) is 5.16 Å². The minimum atomic E-state index is -0.330. The van der Waals surface area contributed by atoms with Gasteiger partial charge in [0.1, 0.15) is 0 Å². The number of anilines is 1. The lowest BCUT2D eigenvalue weighted by atomic mass is 10.2. The summed E-state index contributed by atoms with van der Waals surface area (Å²) in [5, 5.41) is 4.49. The number of aromatic nitrogens is 2. The molecule has 0 saturated carbocycles. The number of rotatable bonds is 4. The van der Waals surface area contributed by atoms with Gasteiger partial charge in [-0.3, -0.25) is 14.2 Å². The maximum absolute atomic E-state index is 12.4. The number of nitrogens with zero attached hydrogens (tertiary/aromatic N) is 2. The molecule has 2 aromatic carbocycles. The summed E-state index contributed by atoms with van der Waals surface area (Å²) in [6.45, 7) is 0. The molecule has 1 aromatic heterocycles. The van der Waals surface area contributed by atoms with Crippen molar-refractivity contribution < 1.29 is 4.79 Å². The number of carbonyl (C=O) groups is 1. The van der Waals surface area contributed by atoms with E-state index in [2.05, 4.69) is 10.3 Å². The lowest BCUT2D eigenvalue weighted by Gasteiger charge is -2.11. The standard InChI is InChI=1S/C17H12Cl3N3O2S/c1-23-16(25)10-4-2-3-5-13(10)21-17(23)26-8-14(24)22-15-11(19)6-9(18)7-12(15)20/h2-7H,8H2,1H3,(H,22,24). The number of amides is 1. The molecule has 0 spiro atoms. The third-order valence-electron chi connectivity index (χ3n) is 3.55. The molecule has 9 heteroatoms. The normalized spacial score (nSPS) is 10.9. The Hall–Kier alpha value is -1.73. The van der Waals surface area contributed by atoms with Crippen molar-refractivity contribution in [3.63, 3.8) is 0 Å². The summed E-state index contributed by atoms with van der Waals surface area (Å²) in [6.07, 6.45) is 0. The van der Waals surface area contributed by atoms with Crippen molar-refractivity contribution in [3.8, 4) is 0 Å². The van der Waals surface area contributed by atoms with Crippen LogP contribution in [0, 0.1) is 0 Å². The number of fused-ring (bicyclic) bond motifs is 1. The first kappa shape index (κ1) is 19.0. The maximum atomic E-state index is 12.4. The van der Waals surface area contributed by atoms with Gasteiger partial charge in [0.2, 0.25) is 5.91 Å². The van der Waals surface area contributed by atoms with Crippen LogP contribution in [0.15, 0.2) is 46.3 Å². The summed E-state index contributed by atoms with van der Waals surface area (Å²) in [5.41, 5.74) is 0.716. The van der Waals surface area contributed by atoms with Gasteiger partial charge in [-0.2, -0.15) is 0 Å². The summed E-state index contributed by atoms with van der Waals surface area (Å²) in [6, 6.07) is 10.1. The number of hydrogen-bond acceptors (Lipinski definition) is 4. The zero-order valence-corrected chi connectivity index (χ0v) is 16.5. The van der Waals surface area contributed by atoms with Crippen LogP contribution in [-0.2, 0) is 11.8 Å². The summed E-state index contributed by atoms with van der Waals surface area (Å²) in [4.78, 5) is 29.0. The SMILES string of the molecule is Cn1c(SCC(=O)Nc2c(Cl)cc(Cl)cc2Cl)nc2ccccc2c1=O. The molecule has 0 saturated heterocycles. The van der Waals surface area contributed by atoms with Gasteiger partial charge in [-0.05, 0) is 24.3 Å². The molecule has 0 atom stereocenters. The van der Waals surface area contributed by atoms with Crippen LogP contribution in [0.3, 0.4) is 0 Å². The van der Waals surface area contributed by atoms with Gasteiger partial charge in [-0.1, -0.05) is 58.7 Å². The van der Waals surface area contributed by atoms with Gasteiger partial charge in [0, 0.05) is 12.1 Å². The second-order valence-corrected chi connectivity index (χ2v) is 7.55. The summed E-state index contributed by atoms with van der Waals surface area (Å²) < 4.78 is 1.42. The summed E-state index contributed by atoms with van der Waals surface area (Å²) in [5.74, 6) is -0.294. The molecule has 26 heavy (non-hydrogen) atoms. The fourth-order valence-corrected chi connectivity index (χ4v) is 3.98. The topological polar surface area (TPSA) is 64.0 Å². The molecule has 0 fully saturated rings. The lowest BCUT2D eigenvalue weighted by Crippen LogP contribution is -2.21. The van der Waals surface area contributed by atoms with E-state index >= 15 is 0 Å². The minimum absolute atomic E-state index is 0.0356. The van der Waals surface area contributed by atoms with Crippen molar-refractivity contribution >= 4 is 69.1 Å². The van der Waals surface area contributed by atoms with Crippen molar-refractivity contribution in [2.75, 3.05) is 11.1 Å². The minimum Gasteiger partial charge on any atom is -0.323 e.